The summed E-state index contributed by atoms with van der Waals surface area (Å²) < 4.78 is 7.30. The number of benzene rings is 1. The summed E-state index contributed by atoms with van der Waals surface area (Å²) in [5, 5.41) is 16.3. The molecule has 2 rings (SSSR count). The summed E-state index contributed by atoms with van der Waals surface area (Å²) >= 11 is 0. The molecule has 0 unspecified atom stereocenters. The number of aliphatic carboxylic acids is 1. The zero-order chi connectivity index (χ0) is 13.0. The maximum absolute atomic E-state index is 10.5. The van der Waals surface area contributed by atoms with Crippen LogP contribution in [0, 0.1) is 0 Å². The third-order valence-corrected chi connectivity index (χ3v) is 2.45. The molecule has 6 heteroatoms. The van der Waals surface area contributed by atoms with Gasteiger partial charge in [-0.3, -0.25) is 4.79 Å². The summed E-state index contributed by atoms with van der Waals surface area (Å²) in [6.07, 6.45) is 1.62. The Bertz CT molecular complexity index is 534. The van der Waals surface area contributed by atoms with Gasteiger partial charge >= 0.3 is 5.97 Å². The lowest BCUT2D eigenvalue weighted by molar-refractivity contribution is -0.136. The second-order valence-electron chi connectivity index (χ2n) is 3.86. The fourth-order valence-corrected chi connectivity index (χ4v) is 1.46. The molecule has 0 fully saturated rings. The third kappa shape index (κ3) is 3.07. The van der Waals surface area contributed by atoms with Gasteiger partial charge in [0.15, 0.2) is 5.82 Å². The van der Waals surface area contributed by atoms with Crippen molar-refractivity contribution in [3.63, 3.8) is 0 Å². The maximum atomic E-state index is 10.5. The van der Waals surface area contributed by atoms with Gasteiger partial charge in [0.25, 0.3) is 0 Å². The molecule has 0 aliphatic heterocycles. The van der Waals surface area contributed by atoms with Crippen LogP contribution in [0.3, 0.4) is 0 Å². The van der Waals surface area contributed by atoms with Crippen molar-refractivity contribution >= 4 is 5.97 Å². The van der Waals surface area contributed by atoms with E-state index in [1.807, 2.05) is 7.05 Å². The monoisotopic (exact) mass is 247 g/mol. The molecule has 1 aromatic carbocycles. The highest BCUT2D eigenvalue weighted by atomic mass is 16.5. The van der Waals surface area contributed by atoms with Gasteiger partial charge in [0.1, 0.15) is 18.7 Å². The molecule has 0 atom stereocenters. The fourth-order valence-electron chi connectivity index (χ4n) is 1.46. The Kier molecular flexibility index (Phi) is 3.57. The average Bonchev–Trinajstić information content (AvgIpc) is 2.73. The van der Waals surface area contributed by atoms with E-state index >= 15 is 0 Å². The van der Waals surface area contributed by atoms with Crippen LogP contribution in [0.5, 0.6) is 5.75 Å². The first-order chi connectivity index (χ1) is 8.65. The first kappa shape index (κ1) is 12.1. The van der Waals surface area contributed by atoms with Crippen molar-refractivity contribution in [1.29, 1.82) is 0 Å². The number of carboxylic acids is 1. The van der Waals surface area contributed by atoms with Gasteiger partial charge in [-0.25, -0.2) is 0 Å². The Morgan fingerprint density at radius 3 is 2.67 bits per heavy atom. The molecular weight excluding hydrogens is 234 g/mol. The predicted molar refractivity (Wildman–Crippen MR) is 63.1 cm³/mol. The van der Waals surface area contributed by atoms with Gasteiger partial charge < -0.3 is 14.4 Å². The highest BCUT2D eigenvalue weighted by Crippen LogP contribution is 2.13. The van der Waals surface area contributed by atoms with Crippen LogP contribution in [0.2, 0.25) is 0 Å². The highest BCUT2D eigenvalue weighted by molar-refractivity contribution is 5.70. The molecule has 1 aromatic heterocycles. The lowest BCUT2D eigenvalue weighted by Gasteiger charge is -2.06. The van der Waals surface area contributed by atoms with Gasteiger partial charge in [0.2, 0.25) is 0 Å². The van der Waals surface area contributed by atoms with Gasteiger partial charge in [-0.1, -0.05) is 12.1 Å². The molecule has 0 aliphatic rings. The summed E-state index contributed by atoms with van der Waals surface area (Å²) in [5.41, 5.74) is 0.744. The lowest BCUT2D eigenvalue weighted by Crippen LogP contribution is -2.03. The molecule has 0 saturated carbocycles. The fraction of sp³-hybridized carbons (Fsp3) is 0.250. The van der Waals surface area contributed by atoms with Gasteiger partial charge in [-0.05, 0) is 17.7 Å². The van der Waals surface area contributed by atoms with Crippen LogP contribution in [-0.4, -0.2) is 25.8 Å². The maximum Gasteiger partial charge on any atom is 0.307 e. The molecule has 0 amide bonds. The van der Waals surface area contributed by atoms with Crippen LogP contribution in [0.25, 0.3) is 0 Å². The number of carbonyl (C=O) groups is 1. The minimum atomic E-state index is -0.845. The van der Waals surface area contributed by atoms with E-state index in [9.17, 15) is 4.79 Å². The number of hydrogen-bond acceptors (Lipinski definition) is 4. The quantitative estimate of drug-likeness (QED) is 0.853. The van der Waals surface area contributed by atoms with E-state index in [1.165, 1.54) is 0 Å². The Hall–Kier alpha value is -2.37. The Labute approximate surface area is 104 Å². The molecule has 6 nitrogen and oxygen atoms in total. The zero-order valence-electron chi connectivity index (χ0n) is 9.91. The van der Waals surface area contributed by atoms with E-state index in [1.54, 1.807) is 35.2 Å². The average molecular weight is 247 g/mol. The molecule has 94 valence electrons. The first-order valence-corrected chi connectivity index (χ1v) is 5.41. The molecule has 0 bridgehead atoms. The smallest absolute Gasteiger partial charge is 0.307 e. The van der Waals surface area contributed by atoms with Crippen LogP contribution >= 0.6 is 0 Å². The van der Waals surface area contributed by atoms with Crippen LogP contribution in [0.1, 0.15) is 11.4 Å². The second kappa shape index (κ2) is 5.31. The van der Waals surface area contributed by atoms with Crippen molar-refractivity contribution < 1.29 is 14.6 Å². The highest BCUT2D eigenvalue weighted by Gasteiger charge is 2.03. The normalized spacial score (nSPS) is 10.3. The van der Waals surface area contributed by atoms with Crippen LogP contribution in [0.4, 0.5) is 0 Å². The van der Waals surface area contributed by atoms with Crippen LogP contribution in [-0.2, 0) is 24.9 Å². The number of carboxylic acid groups (broad SMARTS) is 1. The lowest BCUT2D eigenvalue weighted by atomic mass is 10.1. The van der Waals surface area contributed by atoms with Gasteiger partial charge in [0.05, 0.1) is 6.42 Å². The standard InChI is InChI=1S/C12H13N3O3/c1-15-8-13-14-11(15)7-18-10-4-2-9(3-5-10)6-12(16)17/h2-5,8H,6-7H2,1H3,(H,16,17). The van der Waals surface area contributed by atoms with E-state index in [2.05, 4.69) is 10.2 Å². The van der Waals surface area contributed by atoms with Crippen molar-refractivity contribution in [3.05, 3.63) is 42.0 Å². The molecule has 0 radical (unpaired) electrons. The summed E-state index contributed by atoms with van der Waals surface area (Å²) in [5.74, 6) is 0.555. The van der Waals surface area contributed by atoms with Crippen molar-refractivity contribution in [1.82, 2.24) is 14.8 Å². The SMILES string of the molecule is Cn1cnnc1COc1ccc(CC(=O)O)cc1. The molecule has 0 saturated heterocycles. The largest absolute Gasteiger partial charge is 0.486 e. The van der Waals surface area contributed by atoms with Crippen molar-refractivity contribution in [2.75, 3.05) is 0 Å². The van der Waals surface area contributed by atoms with E-state index < -0.39 is 5.97 Å². The van der Waals surface area contributed by atoms with Crippen LogP contribution < -0.4 is 4.74 Å². The summed E-state index contributed by atoms with van der Waals surface area (Å²) in [6.45, 7) is 0.328. The number of ether oxygens (including phenoxy) is 1. The third-order valence-electron chi connectivity index (χ3n) is 2.45. The predicted octanol–water partition coefficient (Wildman–Crippen LogP) is 1.02. The number of hydrogen-bond donors (Lipinski definition) is 1. The summed E-state index contributed by atoms with van der Waals surface area (Å²) in [6, 6.07) is 6.96. The zero-order valence-corrected chi connectivity index (χ0v) is 9.91. The summed E-state index contributed by atoms with van der Waals surface area (Å²) in [4.78, 5) is 10.5. The van der Waals surface area contributed by atoms with Gasteiger partial charge in [-0.15, -0.1) is 10.2 Å². The Morgan fingerprint density at radius 1 is 1.39 bits per heavy atom. The Balaban J connectivity index is 1.94. The topological polar surface area (TPSA) is 77.2 Å². The Morgan fingerprint density at radius 2 is 2.11 bits per heavy atom. The minimum Gasteiger partial charge on any atom is -0.486 e. The number of aromatic nitrogens is 3. The van der Waals surface area contributed by atoms with Gasteiger partial charge in [-0.2, -0.15) is 0 Å². The minimum absolute atomic E-state index is 0.0174. The second-order valence-corrected chi connectivity index (χ2v) is 3.86. The van der Waals surface area contributed by atoms with Gasteiger partial charge in [0, 0.05) is 7.05 Å². The molecular formula is C12H13N3O3. The molecule has 2 aromatic rings. The van der Waals surface area contributed by atoms with E-state index in [0.29, 0.717) is 12.4 Å². The summed E-state index contributed by atoms with van der Waals surface area (Å²) in [7, 11) is 1.84. The molecule has 0 aliphatic carbocycles. The first-order valence-electron chi connectivity index (χ1n) is 5.41. The van der Waals surface area contributed by atoms with Crippen molar-refractivity contribution in [2.24, 2.45) is 7.05 Å². The van der Waals surface area contributed by atoms with E-state index in [4.69, 9.17) is 9.84 Å². The number of nitrogens with zero attached hydrogens (tertiary/aromatic N) is 3. The number of rotatable bonds is 5. The molecule has 1 N–H and O–H groups in total. The van der Waals surface area contributed by atoms with Crippen molar-refractivity contribution in [3.8, 4) is 5.75 Å². The van der Waals surface area contributed by atoms with E-state index in [-0.39, 0.29) is 6.42 Å². The molecule has 1 heterocycles. The molecule has 0 spiro atoms. The number of aryl methyl sites for hydroxylation is 1. The van der Waals surface area contributed by atoms with Crippen molar-refractivity contribution in [2.45, 2.75) is 13.0 Å². The van der Waals surface area contributed by atoms with Crippen LogP contribution in [0.15, 0.2) is 30.6 Å². The molecule has 18 heavy (non-hydrogen) atoms. The van der Waals surface area contributed by atoms with E-state index in [0.717, 1.165) is 11.4 Å².